The number of nitrogens with zero attached hydrogens (tertiary/aromatic N) is 1. The van der Waals surface area contributed by atoms with Crippen LogP contribution in [0.15, 0.2) is 52.0 Å². The third-order valence-corrected chi connectivity index (χ3v) is 4.80. The van der Waals surface area contributed by atoms with Gasteiger partial charge in [0, 0.05) is 17.2 Å². The third-order valence-electron chi connectivity index (χ3n) is 2.42. The Kier molecular flexibility index (Phi) is 4.57. The zero-order valence-electron chi connectivity index (χ0n) is 9.68. The number of benzene rings is 1. The third kappa shape index (κ3) is 3.76. The van der Waals surface area contributed by atoms with Crippen LogP contribution in [0.25, 0.3) is 0 Å². The van der Waals surface area contributed by atoms with Gasteiger partial charge in [-0.2, -0.15) is 0 Å². The van der Waals surface area contributed by atoms with Crippen LogP contribution in [0.4, 0.5) is 0 Å². The van der Waals surface area contributed by atoms with Crippen molar-refractivity contribution < 1.29 is 8.42 Å². The van der Waals surface area contributed by atoms with Gasteiger partial charge in [0.05, 0.1) is 4.90 Å². The van der Waals surface area contributed by atoms with E-state index in [2.05, 4.69) is 25.6 Å². The fourth-order valence-corrected chi connectivity index (χ4v) is 3.13. The summed E-state index contributed by atoms with van der Waals surface area (Å²) in [7, 11) is -3.59. The van der Waals surface area contributed by atoms with Crippen LogP contribution in [0, 0.1) is 0 Å². The van der Waals surface area contributed by atoms with Crippen LogP contribution in [0.1, 0.15) is 5.56 Å². The molecule has 0 spiro atoms. The number of hydrogen-bond donors (Lipinski definition) is 1. The molecule has 0 radical (unpaired) electrons. The smallest absolute Gasteiger partial charge is 0.241 e. The molecule has 0 atom stereocenters. The average molecular weight is 362 g/mol. The molecule has 0 bridgehead atoms. The van der Waals surface area contributed by atoms with E-state index >= 15 is 0 Å². The Morgan fingerprint density at radius 1 is 1.26 bits per heavy atom. The highest BCUT2D eigenvalue weighted by Crippen LogP contribution is 2.17. The second-order valence-electron chi connectivity index (χ2n) is 3.73. The molecular weight excluding hydrogens is 352 g/mol. The van der Waals surface area contributed by atoms with Crippen LogP contribution in [0.5, 0.6) is 0 Å². The Balaban J connectivity index is 2.17. The molecule has 0 aliphatic rings. The van der Waals surface area contributed by atoms with E-state index in [9.17, 15) is 8.42 Å². The van der Waals surface area contributed by atoms with Crippen LogP contribution in [-0.2, 0) is 16.6 Å². The molecule has 0 saturated carbocycles. The van der Waals surface area contributed by atoms with Gasteiger partial charge < -0.3 is 0 Å². The molecule has 0 unspecified atom stereocenters. The monoisotopic (exact) mass is 360 g/mol. The summed E-state index contributed by atoms with van der Waals surface area (Å²) >= 11 is 9.05. The summed E-state index contributed by atoms with van der Waals surface area (Å²) in [5.41, 5.74) is 0.853. The molecule has 0 saturated heterocycles. The standard InChI is InChI=1S/C12H10BrClN2O2S/c13-11-4-2-1-3-9(11)8-16-19(17,18)10-5-6-15-12(14)7-10/h1-7,16H,8H2. The van der Waals surface area contributed by atoms with E-state index in [0.29, 0.717) is 0 Å². The van der Waals surface area contributed by atoms with Crippen LogP contribution < -0.4 is 4.72 Å². The zero-order chi connectivity index (χ0) is 13.9. The minimum atomic E-state index is -3.59. The topological polar surface area (TPSA) is 59.1 Å². The summed E-state index contributed by atoms with van der Waals surface area (Å²) in [4.78, 5) is 3.85. The van der Waals surface area contributed by atoms with Crippen LogP contribution in [-0.4, -0.2) is 13.4 Å². The minimum absolute atomic E-state index is 0.0968. The van der Waals surface area contributed by atoms with Gasteiger partial charge in [-0.05, 0) is 23.8 Å². The Morgan fingerprint density at radius 2 is 2.00 bits per heavy atom. The summed E-state index contributed by atoms with van der Waals surface area (Å²) < 4.78 is 27.5. The second kappa shape index (κ2) is 6.00. The SMILES string of the molecule is O=S(=O)(NCc1ccccc1Br)c1ccnc(Cl)c1. The summed E-state index contributed by atoms with van der Waals surface area (Å²) in [5, 5.41) is 0.142. The Morgan fingerprint density at radius 3 is 2.68 bits per heavy atom. The van der Waals surface area contributed by atoms with Crippen molar-refractivity contribution in [3.63, 3.8) is 0 Å². The van der Waals surface area contributed by atoms with E-state index in [1.807, 2.05) is 24.3 Å². The van der Waals surface area contributed by atoms with E-state index in [1.54, 1.807) is 0 Å². The fraction of sp³-hybridized carbons (Fsp3) is 0.0833. The first kappa shape index (κ1) is 14.5. The maximum absolute atomic E-state index is 12.1. The molecule has 19 heavy (non-hydrogen) atoms. The number of hydrogen-bond acceptors (Lipinski definition) is 3. The van der Waals surface area contributed by atoms with Gasteiger partial charge in [-0.1, -0.05) is 45.7 Å². The van der Waals surface area contributed by atoms with Crippen molar-refractivity contribution in [2.45, 2.75) is 11.4 Å². The quantitative estimate of drug-likeness (QED) is 0.852. The molecule has 0 amide bonds. The summed E-state index contributed by atoms with van der Waals surface area (Å²) in [6.45, 7) is 0.198. The first-order chi connectivity index (χ1) is 8.99. The summed E-state index contributed by atoms with van der Waals surface area (Å²) in [6.07, 6.45) is 1.36. The van der Waals surface area contributed by atoms with E-state index in [4.69, 9.17) is 11.6 Å². The maximum Gasteiger partial charge on any atom is 0.241 e. The highest BCUT2D eigenvalue weighted by molar-refractivity contribution is 9.10. The molecule has 100 valence electrons. The van der Waals surface area contributed by atoms with Crippen molar-refractivity contribution >= 4 is 37.6 Å². The van der Waals surface area contributed by atoms with Gasteiger partial charge in [-0.25, -0.2) is 18.1 Å². The highest BCUT2D eigenvalue weighted by atomic mass is 79.9. The minimum Gasteiger partial charge on any atom is -0.244 e. The lowest BCUT2D eigenvalue weighted by Crippen LogP contribution is -2.23. The first-order valence-corrected chi connectivity index (χ1v) is 7.99. The summed E-state index contributed by atoms with van der Waals surface area (Å²) in [5.74, 6) is 0. The number of pyridine rings is 1. The van der Waals surface area contributed by atoms with Crippen molar-refractivity contribution in [2.75, 3.05) is 0 Å². The molecule has 4 nitrogen and oxygen atoms in total. The molecule has 1 heterocycles. The van der Waals surface area contributed by atoms with Gasteiger partial charge in [0.2, 0.25) is 10.0 Å². The average Bonchev–Trinajstić information content (AvgIpc) is 2.38. The second-order valence-corrected chi connectivity index (χ2v) is 6.74. The predicted octanol–water partition coefficient (Wildman–Crippen LogP) is 2.98. The Hall–Kier alpha value is -0.950. The molecule has 1 aromatic heterocycles. The molecule has 7 heteroatoms. The molecule has 0 aliphatic heterocycles. The van der Waals surface area contributed by atoms with Crippen molar-refractivity contribution in [3.8, 4) is 0 Å². The van der Waals surface area contributed by atoms with E-state index in [0.717, 1.165) is 10.0 Å². The van der Waals surface area contributed by atoms with Gasteiger partial charge >= 0.3 is 0 Å². The number of rotatable bonds is 4. The van der Waals surface area contributed by atoms with Crippen molar-refractivity contribution in [1.82, 2.24) is 9.71 Å². The molecule has 2 aromatic rings. The highest BCUT2D eigenvalue weighted by Gasteiger charge is 2.14. The maximum atomic E-state index is 12.1. The lowest BCUT2D eigenvalue weighted by Gasteiger charge is -2.08. The molecular formula is C12H10BrClN2O2S. The lowest BCUT2D eigenvalue weighted by atomic mass is 10.2. The van der Waals surface area contributed by atoms with E-state index in [-0.39, 0.29) is 16.6 Å². The number of sulfonamides is 1. The predicted molar refractivity (Wildman–Crippen MR) is 77.4 cm³/mol. The van der Waals surface area contributed by atoms with Gasteiger partial charge in [0.15, 0.2) is 0 Å². The van der Waals surface area contributed by atoms with Gasteiger partial charge in [0.25, 0.3) is 0 Å². The van der Waals surface area contributed by atoms with Crippen molar-refractivity contribution in [1.29, 1.82) is 0 Å². The van der Waals surface area contributed by atoms with E-state index in [1.165, 1.54) is 18.3 Å². The van der Waals surface area contributed by atoms with Crippen molar-refractivity contribution in [3.05, 3.63) is 57.8 Å². The number of nitrogens with one attached hydrogen (secondary N) is 1. The number of halogens is 2. The largest absolute Gasteiger partial charge is 0.244 e. The normalized spacial score (nSPS) is 11.5. The first-order valence-electron chi connectivity index (χ1n) is 5.34. The summed E-state index contributed by atoms with van der Waals surface area (Å²) in [6, 6.07) is 10.1. The van der Waals surface area contributed by atoms with Crippen LogP contribution in [0.2, 0.25) is 5.15 Å². The van der Waals surface area contributed by atoms with Gasteiger partial charge in [-0.15, -0.1) is 0 Å². The van der Waals surface area contributed by atoms with Crippen molar-refractivity contribution in [2.24, 2.45) is 0 Å². The fourth-order valence-electron chi connectivity index (χ4n) is 1.45. The lowest BCUT2D eigenvalue weighted by molar-refractivity contribution is 0.581. The Bertz CT molecular complexity index is 692. The van der Waals surface area contributed by atoms with E-state index < -0.39 is 10.0 Å². The molecule has 1 aromatic carbocycles. The molecule has 0 fully saturated rings. The zero-order valence-corrected chi connectivity index (χ0v) is 12.8. The van der Waals surface area contributed by atoms with Gasteiger partial charge in [-0.3, -0.25) is 0 Å². The Labute approximate surface area is 125 Å². The molecule has 2 rings (SSSR count). The number of aromatic nitrogens is 1. The van der Waals surface area contributed by atoms with Crippen LogP contribution in [0.3, 0.4) is 0 Å². The van der Waals surface area contributed by atoms with Gasteiger partial charge in [0.1, 0.15) is 5.15 Å². The molecule has 0 aliphatic carbocycles. The molecule has 1 N–H and O–H groups in total. The van der Waals surface area contributed by atoms with Crippen LogP contribution >= 0.6 is 27.5 Å².